The zero-order valence-electron chi connectivity index (χ0n) is 13.8. The minimum Gasteiger partial charge on any atom is -0.488 e. The van der Waals surface area contributed by atoms with Crippen LogP contribution in [0.3, 0.4) is 0 Å². The van der Waals surface area contributed by atoms with E-state index in [0.717, 1.165) is 29.7 Å². The first-order valence-corrected chi connectivity index (χ1v) is 9.48. The van der Waals surface area contributed by atoms with Crippen molar-refractivity contribution in [2.45, 2.75) is 18.3 Å². The van der Waals surface area contributed by atoms with Crippen LogP contribution in [0.4, 0.5) is 0 Å². The van der Waals surface area contributed by atoms with Crippen molar-refractivity contribution >= 4 is 35.5 Å². The molecule has 0 saturated carbocycles. The van der Waals surface area contributed by atoms with Crippen LogP contribution < -0.4 is 10.1 Å². The van der Waals surface area contributed by atoms with E-state index >= 15 is 0 Å². The van der Waals surface area contributed by atoms with Crippen LogP contribution in [0.15, 0.2) is 46.9 Å². The van der Waals surface area contributed by atoms with Gasteiger partial charge in [0.05, 0.1) is 0 Å². The predicted octanol–water partition coefficient (Wildman–Crippen LogP) is 3.15. The first-order valence-electron chi connectivity index (χ1n) is 7.61. The Balaban J connectivity index is 0.00000225. The molecular formula is C16H20ClN5OS2. The van der Waals surface area contributed by atoms with Gasteiger partial charge >= 0.3 is 0 Å². The van der Waals surface area contributed by atoms with Gasteiger partial charge in [-0.25, -0.2) is 4.68 Å². The van der Waals surface area contributed by atoms with Crippen molar-refractivity contribution in [1.82, 2.24) is 25.5 Å². The Kier molecular flexibility index (Phi) is 8.20. The molecular weight excluding hydrogens is 378 g/mol. The van der Waals surface area contributed by atoms with Crippen molar-refractivity contribution in [3.8, 4) is 5.75 Å². The summed E-state index contributed by atoms with van der Waals surface area (Å²) in [4.78, 5) is 1.23. The summed E-state index contributed by atoms with van der Waals surface area (Å²) in [6, 6.07) is 12.3. The maximum atomic E-state index is 5.77. The molecule has 0 unspecified atom stereocenters. The van der Waals surface area contributed by atoms with Gasteiger partial charge in [0.15, 0.2) is 0 Å². The summed E-state index contributed by atoms with van der Waals surface area (Å²) in [6.45, 7) is 2.36. The van der Waals surface area contributed by atoms with E-state index in [1.54, 1.807) is 27.8 Å². The van der Waals surface area contributed by atoms with Gasteiger partial charge in [0.2, 0.25) is 5.16 Å². The summed E-state index contributed by atoms with van der Waals surface area (Å²) in [5.74, 6) is 1.83. The second kappa shape index (κ2) is 10.4. The van der Waals surface area contributed by atoms with E-state index in [9.17, 15) is 0 Å². The van der Waals surface area contributed by atoms with Crippen LogP contribution in [-0.4, -0.2) is 32.5 Å². The summed E-state index contributed by atoms with van der Waals surface area (Å²) in [6.07, 6.45) is 0. The lowest BCUT2D eigenvalue weighted by Crippen LogP contribution is -2.16. The number of halogens is 1. The fraction of sp³-hybridized carbons (Fsp3) is 0.312. The van der Waals surface area contributed by atoms with Crippen molar-refractivity contribution in [2.75, 3.05) is 12.3 Å². The number of rotatable bonds is 9. The molecule has 9 heteroatoms. The van der Waals surface area contributed by atoms with E-state index in [2.05, 4.69) is 44.4 Å². The minimum atomic E-state index is 0. The minimum absolute atomic E-state index is 0. The number of nitrogens with one attached hydrogen (secondary N) is 1. The number of thioether (sulfide) groups is 1. The highest BCUT2D eigenvalue weighted by molar-refractivity contribution is 7.99. The maximum absolute atomic E-state index is 5.77. The van der Waals surface area contributed by atoms with Gasteiger partial charge in [0, 0.05) is 30.8 Å². The number of nitrogens with zero attached hydrogens (tertiary/aromatic N) is 4. The SMILES string of the molecule is Cl.Cn1nnnc1SCCNCc1ccc(OCc2cccs2)cc1. The molecule has 0 bridgehead atoms. The number of hydrogen-bond donors (Lipinski definition) is 1. The van der Waals surface area contributed by atoms with Crippen LogP contribution in [0.25, 0.3) is 0 Å². The largest absolute Gasteiger partial charge is 0.488 e. The quantitative estimate of drug-likeness (QED) is 0.442. The Morgan fingerprint density at radius 3 is 2.76 bits per heavy atom. The first-order chi connectivity index (χ1) is 11.8. The molecule has 134 valence electrons. The van der Waals surface area contributed by atoms with Crippen molar-refractivity contribution in [3.05, 3.63) is 52.2 Å². The van der Waals surface area contributed by atoms with Crippen LogP contribution in [0.2, 0.25) is 0 Å². The molecule has 6 nitrogen and oxygen atoms in total. The van der Waals surface area contributed by atoms with Gasteiger partial charge in [-0.3, -0.25) is 0 Å². The highest BCUT2D eigenvalue weighted by Crippen LogP contribution is 2.16. The lowest BCUT2D eigenvalue weighted by Gasteiger charge is -2.07. The van der Waals surface area contributed by atoms with Crippen molar-refractivity contribution in [3.63, 3.8) is 0 Å². The van der Waals surface area contributed by atoms with Crippen molar-refractivity contribution in [1.29, 1.82) is 0 Å². The number of ether oxygens (including phenoxy) is 1. The Bertz CT molecular complexity index is 733. The predicted molar refractivity (Wildman–Crippen MR) is 104 cm³/mol. The van der Waals surface area contributed by atoms with Gasteiger partial charge in [0.25, 0.3) is 0 Å². The zero-order chi connectivity index (χ0) is 16.6. The summed E-state index contributed by atoms with van der Waals surface area (Å²) >= 11 is 3.35. The molecule has 0 saturated heterocycles. The number of hydrogen-bond acceptors (Lipinski definition) is 7. The molecule has 0 atom stereocenters. The third-order valence-electron chi connectivity index (χ3n) is 3.30. The summed E-state index contributed by atoms with van der Waals surface area (Å²) in [5, 5.41) is 17.7. The monoisotopic (exact) mass is 397 g/mol. The molecule has 0 fully saturated rings. The van der Waals surface area contributed by atoms with Crippen molar-refractivity contribution in [2.24, 2.45) is 7.05 Å². The van der Waals surface area contributed by atoms with Gasteiger partial charge in [-0.05, 0) is 39.6 Å². The van der Waals surface area contributed by atoms with Crippen molar-refractivity contribution < 1.29 is 4.74 Å². The standard InChI is InChI=1S/C16H19N5OS2.ClH/c1-21-16(18-19-20-21)24-10-8-17-11-13-4-6-14(7-5-13)22-12-15-3-2-9-23-15;/h2-7,9,17H,8,10-12H2,1H3;1H. The van der Waals surface area contributed by atoms with E-state index in [1.165, 1.54) is 10.4 Å². The Hall–Kier alpha value is -1.61. The highest BCUT2D eigenvalue weighted by atomic mass is 35.5. The zero-order valence-corrected chi connectivity index (χ0v) is 16.2. The van der Waals surface area contributed by atoms with Crippen LogP contribution in [0.5, 0.6) is 5.75 Å². The maximum Gasteiger partial charge on any atom is 0.209 e. The van der Waals surface area contributed by atoms with Crippen LogP contribution >= 0.6 is 35.5 Å². The normalized spacial score (nSPS) is 10.4. The van der Waals surface area contributed by atoms with Gasteiger partial charge in [-0.15, -0.1) is 28.8 Å². The molecule has 3 aromatic rings. The summed E-state index contributed by atoms with van der Waals surface area (Å²) in [5.41, 5.74) is 1.24. The second-order valence-electron chi connectivity index (χ2n) is 5.12. The molecule has 25 heavy (non-hydrogen) atoms. The third-order valence-corrected chi connectivity index (χ3v) is 5.17. The lowest BCUT2D eigenvalue weighted by molar-refractivity contribution is 0.309. The highest BCUT2D eigenvalue weighted by Gasteiger charge is 2.02. The van der Waals surface area contributed by atoms with E-state index < -0.39 is 0 Å². The Morgan fingerprint density at radius 2 is 2.08 bits per heavy atom. The fourth-order valence-electron chi connectivity index (χ4n) is 2.04. The number of aryl methyl sites for hydroxylation is 1. The number of aromatic nitrogens is 4. The Labute approximate surface area is 161 Å². The molecule has 2 aromatic heterocycles. The van der Waals surface area contributed by atoms with E-state index in [-0.39, 0.29) is 12.4 Å². The van der Waals surface area contributed by atoms with Crippen LogP contribution in [-0.2, 0) is 20.2 Å². The first kappa shape index (κ1) is 19.7. The molecule has 0 aliphatic heterocycles. The Morgan fingerprint density at radius 1 is 1.24 bits per heavy atom. The molecule has 2 heterocycles. The molecule has 0 aliphatic carbocycles. The average Bonchev–Trinajstić information content (AvgIpc) is 3.26. The molecule has 0 spiro atoms. The second-order valence-corrected chi connectivity index (χ2v) is 7.22. The van der Waals surface area contributed by atoms with E-state index in [1.807, 2.05) is 25.2 Å². The fourth-order valence-corrected chi connectivity index (χ4v) is 3.41. The van der Waals surface area contributed by atoms with Crippen LogP contribution in [0, 0.1) is 0 Å². The lowest BCUT2D eigenvalue weighted by atomic mass is 10.2. The molecule has 0 amide bonds. The third kappa shape index (κ3) is 6.32. The van der Waals surface area contributed by atoms with E-state index in [0.29, 0.717) is 6.61 Å². The number of tetrazole rings is 1. The van der Waals surface area contributed by atoms with Gasteiger partial charge in [0.1, 0.15) is 12.4 Å². The van der Waals surface area contributed by atoms with Gasteiger partial charge < -0.3 is 10.1 Å². The molecule has 1 aromatic carbocycles. The summed E-state index contributed by atoms with van der Waals surface area (Å²) < 4.78 is 7.45. The molecule has 3 rings (SSSR count). The number of thiophene rings is 1. The molecule has 0 aliphatic rings. The smallest absolute Gasteiger partial charge is 0.209 e. The average molecular weight is 398 g/mol. The van der Waals surface area contributed by atoms with Gasteiger partial charge in [-0.2, -0.15) is 0 Å². The molecule has 1 N–H and O–H groups in total. The molecule has 0 radical (unpaired) electrons. The van der Waals surface area contributed by atoms with E-state index in [4.69, 9.17) is 4.74 Å². The number of benzene rings is 1. The van der Waals surface area contributed by atoms with Crippen LogP contribution in [0.1, 0.15) is 10.4 Å². The van der Waals surface area contributed by atoms with Gasteiger partial charge in [-0.1, -0.05) is 30.0 Å². The summed E-state index contributed by atoms with van der Waals surface area (Å²) in [7, 11) is 1.85. The topological polar surface area (TPSA) is 64.9 Å².